The largest absolute Gasteiger partial charge is 0.484 e. The smallest absolute Gasteiger partial charge is 0.146 e. The molecule has 3 aromatic heterocycles. The first kappa shape index (κ1) is 21.9. The highest BCUT2D eigenvalue weighted by Gasteiger charge is 2.19. The zero-order valence-electron chi connectivity index (χ0n) is 18.3. The van der Waals surface area contributed by atoms with E-state index in [-0.39, 0.29) is 6.10 Å². The van der Waals surface area contributed by atoms with Gasteiger partial charge in [0.25, 0.3) is 0 Å². The van der Waals surface area contributed by atoms with Crippen LogP contribution in [0, 0.1) is 0 Å². The maximum atomic E-state index is 6.36. The van der Waals surface area contributed by atoms with Gasteiger partial charge in [-0.25, -0.2) is 4.98 Å². The van der Waals surface area contributed by atoms with Crippen molar-refractivity contribution in [1.82, 2.24) is 19.7 Å². The number of hydrogen-bond donors (Lipinski definition) is 2. The number of anilines is 1. The first-order valence-electron chi connectivity index (χ1n) is 10.5. The van der Waals surface area contributed by atoms with Crippen LogP contribution in [0.25, 0.3) is 33.0 Å². The van der Waals surface area contributed by atoms with E-state index < -0.39 is 0 Å². The number of rotatable bonds is 6. The molecule has 0 fully saturated rings. The summed E-state index contributed by atoms with van der Waals surface area (Å²) in [5.74, 6) is 1.03. The molecule has 3 heterocycles. The second-order valence-corrected chi connectivity index (χ2v) is 9.18. The first-order chi connectivity index (χ1) is 16.4. The highest BCUT2D eigenvalue weighted by molar-refractivity contribution is 7.16. The minimum absolute atomic E-state index is 0.266. The fourth-order valence-electron chi connectivity index (χ4n) is 3.69. The summed E-state index contributed by atoms with van der Waals surface area (Å²) in [6, 6.07) is 19.1. The molecular formula is C25H21ClN6OS. The normalized spacial score (nSPS) is 12.1. The van der Waals surface area contributed by atoms with Crippen LogP contribution in [0.2, 0.25) is 5.02 Å². The van der Waals surface area contributed by atoms with Crippen LogP contribution in [0.1, 0.15) is 23.5 Å². The molecule has 0 radical (unpaired) electrons. The van der Waals surface area contributed by atoms with E-state index in [1.807, 2.05) is 66.1 Å². The minimum atomic E-state index is -0.266. The first-order valence-corrected chi connectivity index (χ1v) is 11.7. The van der Waals surface area contributed by atoms with Gasteiger partial charge in [0.15, 0.2) is 0 Å². The average molecular weight is 489 g/mol. The monoisotopic (exact) mass is 488 g/mol. The SMILES string of the molecule is C=C(N)c1sc(-n2cnc3cc(-c4ccc(N)nn4)ccc32)cc1O[C@H](C)c1ccccc1Cl. The van der Waals surface area contributed by atoms with E-state index in [2.05, 4.69) is 21.8 Å². The van der Waals surface area contributed by atoms with Gasteiger partial charge in [-0.05, 0) is 37.3 Å². The zero-order chi connectivity index (χ0) is 23.8. The number of aromatic nitrogens is 4. The number of imidazole rings is 1. The number of fused-ring (bicyclic) bond motifs is 1. The van der Waals surface area contributed by atoms with Gasteiger partial charge in [-0.15, -0.1) is 21.5 Å². The van der Waals surface area contributed by atoms with Gasteiger partial charge in [0, 0.05) is 27.9 Å². The number of thiophene rings is 1. The van der Waals surface area contributed by atoms with Crippen LogP contribution in [-0.2, 0) is 0 Å². The molecular weight excluding hydrogens is 468 g/mol. The summed E-state index contributed by atoms with van der Waals surface area (Å²) in [5, 5.41) is 9.65. The molecule has 5 rings (SSSR count). The molecule has 0 unspecified atom stereocenters. The fourth-order valence-corrected chi connectivity index (χ4v) is 4.94. The summed E-state index contributed by atoms with van der Waals surface area (Å²) in [6.07, 6.45) is 1.51. The van der Waals surface area contributed by atoms with Crippen LogP contribution in [0.4, 0.5) is 5.82 Å². The summed E-state index contributed by atoms with van der Waals surface area (Å²) in [5.41, 5.74) is 16.5. The number of halogens is 1. The van der Waals surface area contributed by atoms with Gasteiger partial charge in [-0.2, -0.15) is 0 Å². The lowest BCUT2D eigenvalue weighted by Crippen LogP contribution is -2.05. The zero-order valence-corrected chi connectivity index (χ0v) is 19.8. The van der Waals surface area contributed by atoms with Crippen molar-refractivity contribution in [1.29, 1.82) is 0 Å². The Morgan fingerprint density at radius 2 is 1.94 bits per heavy atom. The molecule has 1 atom stereocenters. The lowest BCUT2D eigenvalue weighted by Gasteiger charge is -2.16. The van der Waals surface area contributed by atoms with Crippen molar-refractivity contribution in [3.8, 4) is 22.0 Å². The van der Waals surface area contributed by atoms with Crippen LogP contribution in [0.5, 0.6) is 5.75 Å². The Morgan fingerprint density at radius 3 is 2.68 bits per heavy atom. The standard InChI is InChI=1S/C25H21ClN6OS/c1-14(27)25-22(33-15(2)17-5-3-4-6-18(17)26)12-24(34-25)32-13-29-20-11-16(7-9-21(20)32)19-8-10-23(28)31-30-19/h3-13,15H,1,27H2,2H3,(H2,28,31)/t15-/m1/s1. The summed E-state index contributed by atoms with van der Waals surface area (Å²) < 4.78 is 8.27. The molecule has 9 heteroatoms. The lowest BCUT2D eigenvalue weighted by atomic mass is 10.1. The Hall–Kier alpha value is -3.88. The van der Waals surface area contributed by atoms with Gasteiger partial charge in [0.1, 0.15) is 29.0 Å². The third kappa shape index (κ3) is 4.09. The molecule has 34 heavy (non-hydrogen) atoms. The number of nitrogen functional groups attached to an aromatic ring is 1. The minimum Gasteiger partial charge on any atom is -0.484 e. The molecule has 0 aliphatic rings. The van der Waals surface area contributed by atoms with Crippen LogP contribution in [0.3, 0.4) is 0 Å². The Labute approximate surface area is 205 Å². The summed E-state index contributed by atoms with van der Waals surface area (Å²) in [7, 11) is 0. The molecule has 5 aromatic rings. The average Bonchev–Trinajstić information content (AvgIpc) is 3.43. The molecule has 0 aliphatic heterocycles. The molecule has 4 N–H and O–H groups in total. The number of ether oxygens (including phenoxy) is 1. The van der Waals surface area contributed by atoms with Crippen molar-refractivity contribution < 1.29 is 4.74 Å². The number of hydrogen-bond acceptors (Lipinski definition) is 7. The van der Waals surface area contributed by atoms with E-state index in [4.69, 9.17) is 27.8 Å². The third-order valence-corrected chi connectivity index (χ3v) is 6.92. The quantitative estimate of drug-likeness (QED) is 0.310. The maximum Gasteiger partial charge on any atom is 0.146 e. The molecule has 0 saturated heterocycles. The Morgan fingerprint density at radius 1 is 1.12 bits per heavy atom. The fraction of sp³-hybridized carbons (Fsp3) is 0.0800. The molecule has 0 amide bonds. The van der Waals surface area contributed by atoms with E-state index in [1.165, 1.54) is 11.3 Å². The second-order valence-electron chi connectivity index (χ2n) is 7.75. The summed E-state index contributed by atoms with van der Waals surface area (Å²) in [4.78, 5) is 5.36. The molecule has 0 aliphatic carbocycles. The topological polar surface area (TPSA) is 105 Å². The van der Waals surface area contributed by atoms with E-state index >= 15 is 0 Å². The van der Waals surface area contributed by atoms with Crippen LogP contribution < -0.4 is 16.2 Å². The number of benzene rings is 2. The number of nitrogens with two attached hydrogens (primary N) is 2. The third-order valence-electron chi connectivity index (χ3n) is 5.39. The van der Waals surface area contributed by atoms with Crippen molar-refractivity contribution in [2.75, 3.05) is 5.73 Å². The Balaban J connectivity index is 1.50. The predicted molar refractivity (Wildman–Crippen MR) is 138 cm³/mol. The molecule has 2 aromatic carbocycles. The summed E-state index contributed by atoms with van der Waals surface area (Å²) in [6.45, 7) is 5.88. The Kier molecular flexibility index (Phi) is 5.69. The predicted octanol–water partition coefficient (Wildman–Crippen LogP) is 5.85. The van der Waals surface area contributed by atoms with Gasteiger partial charge < -0.3 is 16.2 Å². The molecule has 0 spiro atoms. The highest BCUT2D eigenvalue weighted by atomic mass is 35.5. The van der Waals surface area contributed by atoms with Crippen molar-refractivity contribution >= 4 is 45.5 Å². The maximum absolute atomic E-state index is 6.36. The molecule has 0 saturated carbocycles. The van der Waals surface area contributed by atoms with Gasteiger partial charge >= 0.3 is 0 Å². The van der Waals surface area contributed by atoms with Crippen molar-refractivity contribution in [3.05, 3.63) is 89.0 Å². The van der Waals surface area contributed by atoms with Crippen LogP contribution >= 0.6 is 22.9 Å². The van der Waals surface area contributed by atoms with Gasteiger partial charge in [0.05, 0.1) is 21.6 Å². The van der Waals surface area contributed by atoms with Gasteiger partial charge in [-0.3, -0.25) is 4.57 Å². The molecule has 7 nitrogen and oxygen atoms in total. The van der Waals surface area contributed by atoms with E-state index in [9.17, 15) is 0 Å². The van der Waals surface area contributed by atoms with Gasteiger partial charge in [-0.1, -0.05) is 42.4 Å². The summed E-state index contributed by atoms with van der Waals surface area (Å²) >= 11 is 7.85. The van der Waals surface area contributed by atoms with Crippen molar-refractivity contribution in [2.45, 2.75) is 13.0 Å². The van der Waals surface area contributed by atoms with E-state index in [0.29, 0.717) is 22.3 Å². The molecule has 0 bridgehead atoms. The number of nitrogens with zero attached hydrogens (tertiary/aromatic N) is 4. The van der Waals surface area contributed by atoms with Crippen LogP contribution in [0.15, 0.2) is 73.6 Å². The van der Waals surface area contributed by atoms with Crippen molar-refractivity contribution in [2.24, 2.45) is 5.73 Å². The van der Waals surface area contributed by atoms with Crippen LogP contribution in [-0.4, -0.2) is 19.7 Å². The van der Waals surface area contributed by atoms with Crippen molar-refractivity contribution in [3.63, 3.8) is 0 Å². The second kappa shape index (κ2) is 8.81. The van der Waals surface area contributed by atoms with E-state index in [1.54, 1.807) is 12.4 Å². The lowest BCUT2D eigenvalue weighted by molar-refractivity contribution is 0.227. The Bertz CT molecular complexity index is 1510. The highest BCUT2D eigenvalue weighted by Crippen LogP contribution is 2.39. The van der Waals surface area contributed by atoms with E-state index in [0.717, 1.165) is 37.7 Å². The van der Waals surface area contributed by atoms with Gasteiger partial charge in [0.2, 0.25) is 0 Å². The molecule has 170 valence electrons.